The summed E-state index contributed by atoms with van der Waals surface area (Å²) in [7, 11) is 1.52. The van der Waals surface area contributed by atoms with Crippen LogP contribution in [0.5, 0.6) is 5.88 Å². The van der Waals surface area contributed by atoms with Gasteiger partial charge in [0.15, 0.2) is 0 Å². The molecule has 0 bridgehead atoms. The van der Waals surface area contributed by atoms with E-state index in [1.54, 1.807) is 18.3 Å². The molecule has 7 nitrogen and oxygen atoms in total. The fourth-order valence-electron chi connectivity index (χ4n) is 1.36. The van der Waals surface area contributed by atoms with E-state index in [9.17, 15) is 4.79 Å². The van der Waals surface area contributed by atoms with Crippen molar-refractivity contribution in [2.45, 2.75) is 13.3 Å². The largest absolute Gasteiger partial charge is 0.481 e. The first-order valence-corrected chi connectivity index (χ1v) is 5.74. The van der Waals surface area contributed by atoms with Crippen molar-refractivity contribution in [3.63, 3.8) is 0 Å². The van der Waals surface area contributed by atoms with Crippen LogP contribution in [0.4, 0.5) is 16.5 Å². The average molecular weight is 262 g/mol. The van der Waals surface area contributed by atoms with Gasteiger partial charge in [-0.15, -0.1) is 0 Å². The number of hydrogen-bond donors (Lipinski definition) is 2. The van der Waals surface area contributed by atoms with Crippen LogP contribution >= 0.6 is 0 Å². The second-order valence-corrected chi connectivity index (χ2v) is 3.65. The summed E-state index contributed by atoms with van der Waals surface area (Å²) >= 11 is 0. The minimum atomic E-state index is -0.448. The van der Waals surface area contributed by atoms with Crippen LogP contribution in [-0.4, -0.2) is 23.1 Å². The van der Waals surface area contributed by atoms with Gasteiger partial charge in [0, 0.05) is 12.5 Å². The van der Waals surface area contributed by atoms with Crippen LogP contribution < -0.4 is 15.4 Å². The van der Waals surface area contributed by atoms with Gasteiger partial charge in [-0.2, -0.15) is 0 Å². The summed E-state index contributed by atoms with van der Waals surface area (Å²) in [6, 6.07) is 3.04. The number of aryl methyl sites for hydroxylation is 1. The molecule has 0 saturated carbocycles. The minimum absolute atomic E-state index is 0.163. The summed E-state index contributed by atoms with van der Waals surface area (Å²) < 4.78 is 10.2. The average Bonchev–Trinajstić information content (AvgIpc) is 2.87. The number of urea groups is 1. The third-order valence-corrected chi connectivity index (χ3v) is 2.33. The monoisotopic (exact) mass is 262 g/mol. The number of pyridine rings is 1. The first kappa shape index (κ1) is 12.9. The number of carbonyl (C=O) groups excluding carboxylic acids is 1. The Morgan fingerprint density at radius 3 is 2.74 bits per heavy atom. The number of ether oxygens (including phenoxy) is 1. The standard InChI is InChI=1S/C12H14N4O3/c1-3-9-7-14-12(19-9)16-11(17)15-8-4-5-10(18-2)13-6-8/h4-7H,3H2,1-2H3,(H2,14,15,16,17). The molecule has 100 valence electrons. The zero-order chi connectivity index (χ0) is 13.7. The number of methoxy groups -OCH3 is 1. The zero-order valence-electron chi connectivity index (χ0n) is 10.6. The van der Waals surface area contributed by atoms with Crippen LogP contribution in [0.2, 0.25) is 0 Å². The number of hydrogen-bond acceptors (Lipinski definition) is 5. The number of carbonyl (C=O) groups is 1. The molecule has 2 aromatic heterocycles. The number of nitrogens with zero attached hydrogens (tertiary/aromatic N) is 2. The Morgan fingerprint density at radius 1 is 1.32 bits per heavy atom. The first-order valence-electron chi connectivity index (χ1n) is 5.74. The number of anilines is 2. The van der Waals surface area contributed by atoms with Crippen molar-refractivity contribution in [2.75, 3.05) is 17.7 Å². The van der Waals surface area contributed by atoms with Crippen LogP contribution in [0, 0.1) is 0 Å². The quantitative estimate of drug-likeness (QED) is 0.882. The lowest BCUT2D eigenvalue weighted by molar-refractivity contribution is 0.261. The number of rotatable bonds is 4. The molecule has 0 spiro atoms. The molecule has 19 heavy (non-hydrogen) atoms. The maximum Gasteiger partial charge on any atom is 0.327 e. The van der Waals surface area contributed by atoms with Gasteiger partial charge in [-0.05, 0) is 6.07 Å². The molecular formula is C12H14N4O3. The topological polar surface area (TPSA) is 89.3 Å². The molecule has 0 fully saturated rings. The molecule has 2 aromatic rings. The van der Waals surface area contributed by atoms with E-state index in [1.807, 2.05) is 6.92 Å². The first-order chi connectivity index (χ1) is 9.21. The van der Waals surface area contributed by atoms with E-state index in [0.29, 0.717) is 17.3 Å². The Balaban J connectivity index is 1.93. The highest BCUT2D eigenvalue weighted by molar-refractivity contribution is 5.98. The Bertz CT molecular complexity index is 550. The van der Waals surface area contributed by atoms with Crippen molar-refractivity contribution in [1.29, 1.82) is 0 Å². The third-order valence-electron chi connectivity index (χ3n) is 2.33. The fourth-order valence-corrected chi connectivity index (χ4v) is 1.36. The Morgan fingerprint density at radius 2 is 2.16 bits per heavy atom. The highest BCUT2D eigenvalue weighted by Crippen LogP contribution is 2.12. The van der Waals surface area contributed by atoms with Crippen molar-refractivity contribution in [3.8, 4) is 5.88 Å². The van der Waals surface area contributed by atoms with E-state index in [1.165, 1.54) is 13.3 Å². The van der Waals surface area contributed by atoms with Crippen LogP contribution in [0.3, 0.4) is 0 Å². The van der Waals surface area contributed by atoms with Crippen molar-refractivity contribution >= 4 is 17.7 Å². The number of nitrogens with one attached hydrogen (secondary N) is 2. The van der Waals surface area contributed by atoms with E-state index in [-0.39, 0.29) is 6.01 Å². The van der Waals surface area contributed by atoms with Gasteiger partial charge in [0.2, 0.25) is 5.88 Å². The molecule has 0 saturated heterocycles. The Labute approximate surface area is 110 Å². The van der Waals surface area contributed by atoms with E-state index in [0.717, 1.165) is 6.42 Å². The van der Waals surface area contributed by atoms with Gasteiger partial charge in [0.1, 0.15) is 5.76 Å². The molecule has 2 amide bonds. The summed E-state index contributed by atoms with van der Waals surface area (Å²) in [6.45, 7) is 1.94. The highest BCUT2D eigenvalue weighted by atomic mass is 16.5. The molecule has 2 heterocycles. The van der Waals surface area contributed by atoms with Gasteiger partial charge in [0.25, 0.3) is 0 Å². The lowest BCUT2D eigenvalue weighted by Crippen LogP contribution is -2.19. The normalized spacial score (nSPS) is 10.0. The Hall–Kier alpha value is -2.57. The second-order valence-electron chi connectivity index (χ2n) is 3.65. The van der Waals surface area contributed by atoms with Crippen LogP contribution in [-0.2, 0) is 6.42 Å². The molecule has 0 radical (unpaired) electrons. The molecule has 7 heteroatoms. The molecule has 0 atom stereocenters. The zero-order valence-corrected chi connectivity index (χ0v) is 10.6. The van der Waals surface area contributed by atoms with Crippen LogP contribution in [0.1, 0.15) is 12.7 Å². The highest BCUT2D eigenvalue weighted by Gasteiger charge is 2.07. The molecule has 0 aliphatic rings. The Kier molecular flexibility index (Phi) is 3.97. The van der Waals surface area contributed by atoms with Gasteiger partial charge in [-0.1, -0.05) is 6.92 Å². The molecule has 0 aliphatic heterocycles. The van der Waals surface area contributed by atoms with Gasteiger partial charge in [-0.3, -0.25) is 5.32 Å². The van der Waals surface area contributed by atoms with E-state index in [2.05, 4.69) is 20.6 Å². The number of oxazole rings is 1. The lowest BCUT2D eigenvalue weighted by Gasteiger charge is -2.05. The smallest absolute Gasteiger partial charge is 0.327 e. The lowest BCUT2D eigenvalue weighted by atomic mass is 10.4. The number of amides is 2. The van der Waals surface area contributed by atoms with Crippen molar-refractivity contribution in [3.05, 3.63) is 30.3 Å². The van der Waals surface area contributed by atoms with Crippen molar-refractivity contribution in [2.24, 2.45) is 0 Å². The van der Waals surface area contributed by atoms with Crippen LogP contribution in [0.15, 0.2) is 28.9 Å². The van der Waals surface area contributed by atoms with Crippen LogP contribution in [0.25, 0.3) is 0 Å². The SMILES string of the molecule is CCc1cnc(NC(=O)Nc2ccc(OC)nc2)o1. The van der Waals surface area contributed by atoms with Gasteiger partial charge >= 0.3 is 12.0 Å². The molecular weight excluding hydrogens is 248 g/mol. The number of aromatic nitrogens is 2. The molecule has 2 rings (SSSR count). The molecule has 0 unspecified atom stereocenters. The summed E-state index contributed by atoms with van der Waals surface area (Å²) in [5, 5.41) is 5.09. The maximum atomic E-state index is 11.7. The van der Waals surface area contributed by atoms with Crippen molar-refractivity contribution in [1.82, 2.24) is 9.97 Å². The molecule has 0 aromatic carbocycles. The van der Waals surface area contributed by atoms with Gasteiger partial charge < -0.3 is 14.5 Å². The maximum absolute atomic E-state index is 11.7. The summed E-state index contributed by atoms with van der Waals surface area (Å²) in [6.07, 6.45) is 3.79. The second kappa shape index (κ2) is 5.85. The predicted molar refractivity (Wildman–Crippen MR) is 69.3 cm³/mol. The van der Waals surface area contributed by atoms with Crippen molar-refractivity contribution < 1.29 is 13.9 Å². The summed E-state index contributed by atoms with van der Waals surface area (Å²) in [5.74, 6) is 1.19. The van der Waals surface area contributed by atoms with Gasteiger partial charge in [0.05, 0.1) is 25.2 Å². The summed E-state index contributed by atoms with van der Waals surface area (Å²) in [5.41, 5.74) is 0.542. The fraction of sp³-hybridized carbons (Fsp3) is 0.250. The minimum Gasteiger partial charge on any atom is -0.481 e. The third kappa shape index (κ3) is 3.44. The molecule has 0 aliphatic carbocycles. The molecule has 2 N–H and O–H groups in total. The van der Waals surface area contributed by atoms with E-state index < -0.39 is 6.03 Å². The summed E-state index contributed by atoms with van der Waals surface area (Å²) in [4.78, 5) is 19.5. The van der Waals surface area contributed by atoms with E-state index >= 15 is 0 Å². The predicted octanol–water partition coefficient (Wildman–Crippen LogP) is 2.28. The van der Waals surface area contributed by atoms with E-state index in [4.69, 9.17) is 9.15 Å². The van der Waals surface area contributed by atoms with Gasteiger partial charge in [-0.25, -0.2) is 14.8 Å².